The molecule has 0 spiro atoms. The summed E-state index contributed by atoms with van der Waals surface area (Å²) < 4.78 is 3.14. The standard InChI is InChI=1S/C16H18BrN3/c1-3-20-15(16(17)10(2)19-20)9-12-5-4-11-8-13(18)6-7-14(11)12/h6-9H,3-5,18H2,1-2H3. The number of halogens is 1. The first-order valence-electron chi connectivity index (χ1n) is 6.92. The van der Waals surface area contributed by atoms with Crippen LogP contribution in [0.5, 0.6) is 0 Å². The Morgan fingerprint density at radius 2 is 2.20 bits per heavy atom. The molecule has 1 aromatic heterocycles. The fourth-order valence-electron chi connectivity index (χ4n) is 2.81. The van der Waals surface area contributed by atoms with Crippen molar-refractivity contribution in [2.24, 2.45) is 0 Å². The van der Waals surface area contributed by atoms with Crippen molar-refractivity contribution in [1.82, 2.24) is 9.78 Å². The summed E-state index contributed by atoms with van der Waals surface area (Å²) in [6, 6.07) is 6.21. The fraction of sp³-hybridized carbons (Fsp3) is 0.312. The molecule has 0 radical (unpaired) electrons. The van der Waals surface area contributed by atoms with Crippen LogP contribution in [0, 0.1) is 6.92 Å². The Kier molecular flexibility index (Phi) is 3.42. The van der Waals surface area contributed by atoms with Crippen LogP contribution in [0.15, 0.2) is 22.7 Å². The highest BCUT2D eigenvalue weighted by atomic mass is 79.9. The zero-order chi connectivity index (χ0) is 14.3. The molecule has 3 rings (SSSR count). The fourth-order valence-corrected chi connectivity index (χ4v) is 3.21. The summed E-state index contributed by atoms with van der Waals surface area (Å²) in [5, 5.41) is 4.55. The predicted molar refractivity (Wildman–Crippen MR) is 87.4 cm³/mol. The smallest absolute Gasteiger partial charge is 0.0757 e. The van der Waals surface area contributed by atoms with E-state index in [4.69, 9.17) is 5.73 Å². The van der Waals surface area contributed by atoms with Gasteiger partial charge in [0.25, 0.3) is 0 Å². The van der Waals surface area contributed by atoms with Crippen LogP contribution in [-0.4, -0.2) is 9.78 Å². The average Bonchev–Trinajstić information content (AvgIpc) is 2.94. The van der Waals surface area contributed by atoms with E-state index >= 15 is 0 Å². The van der Waals surface area contributed by atoms with Gasteiger partial charge < -0.3 is 5.73 Å². The average molecular weight is 332 g/mol. The van der Waals surface area contributed by atoms with Gasteiger partial charge in [-0.1, -0.05) is 6.07 Å². The van der Waals surface area contributed by atoms with E-state index in [-0.39, 0.29) is 0 Å². The van der Waals surface area contributed by atoms with Crippen molar-refractivity contribution in [3.05, 3.63) is 45.2 Å². The summed E-state index contributed by atoms with van der Waals surface area (Å²) in [4.78, 5) is 0. The Hall–Kier alpha value is -1.55. The summed E-state index contributed by atoms with van der Waals surface area (Å²) in [6.07, 6.45) is 4.40. The molecule has 1 heterocycles. The van der Waals surface area contributed by atoms with Crippen LogP contribution in [0.1, 0.15) is 35.9 Å². The van der Waals surface area contributed by atoms with Gasteiger partial charge in [0.05, 0.1) is 15.9 Å². The summed E-state index contributed by atoms with van der Waals surface area (Å²) >= 11 is 3.65. The number of anilines is 1. The maximum absolute atomic E-state index is 5.86. The lowest BCUT2D eigenvalue weighted by molar-refractivity contribution is 0.647. The molecular weight excluding hydrogens is 314 g/mol. The minimum absolute atomic E-state index is 0.848. The molecule has 0 amide bonds. The lowest BCUT2D eigenvalue weighted by atomic mass is 10.1. The molecule has 0 atom stereocenters. The van der Waals surface area contributed by atoms with Gasteiger partial charge in [-0.05, 0) is 77.5 Å². The first-order valence-corrected chi connectivity index (χ1v) is 7.71. The molecule has 0 bridgehead atoms. The van der Waals surface area contributed by atoms with Crippen molar-refractivity contribution in [3.63, 3.8) is 0 Å². The molecule has 3 nitrogen and oxygen atoms in total. The normalized spacial score (nSPS) is 15.8. The third-order valence-corrected chi connectivity index (χ3v) is 4.82. The van der Waals surface area contributed by atoms with Crippen LogP contribution < -0.4 is 5.73 Å². The van der Waals surface area contributed by atoms with Crippen LogP contribution in [-0.2, 0) is 13.0 Å². The number of nitrogens with two attached hydrogens (primary N) is 1. The van der Waals surface area contributed by atoms with E-state index in [1.165, 1.54) is 16.7 Å². The van der Waals surface area contributed by atoms with E-state index in [2.05, 4.69) is 46.2 Å². The summed E-state index contributed by atoms with van der Waals surface area (Å²) in [5.74, 6) is 0. The van der Waals surface area contributed by atoms with Gasteiger partial charge in [-0.25, -0.2) is 0 Å². The van der Waals surface area contributed by atoms with Gasteiger partial charge >= 0.3 is 0 Å². The summed E-state index contributed by atoms with van der Waals surface area (Å²) in [6.45, 7) is 5.02. The van der Waals surface area contributed by atoms with Gasteiger partial charge in [0.2, 0.25) is 0 Å². The predicted octanol–water partition coefficient (Wildman–Crippen LogP) is 4.04. The second-order valence-electron chi connectivity index (χ2n) is 5.19. The topological polar surface area (TPSA) is 43.8 Å². The van der Waals surface area contributed by atoms with Crippen molar-refractivity contribution in [3.8, 4) is 0 Å². The summed E-state index contributed by atoms with van der Waals surface area (Å²) in [5.41, 5.74) is 13.0. The van der Waals surface area contributed by atoms with E-state index < -0.39 is 0 Å². The third kappa shape index (κ3) is 2.18. The van der Waals surface area contributed by atoms with Crippen molar-refractivity contribution in [1.29, 1.82) is 0 Å². The Morgan fingerprint density at radius 3 is 2.95 bits per heavy atom. The lowest BCUT2D eigenvalue weighted by Gasteiger charge is -2.05. The number of allylic oxidation sites excluding steroid dienone is 1. The molecule has 2 aromatic rings. The number of nitrogens with zero attached hydrogens (tertiary/aromatic N) is 2. The highest BCUT2D eigenvalue weighted by molar-refractivity contribution is 9.10. The number of fused-ring (bicyclic) bond motifs is 1. The molecule has 0 saturated carbocycles. The maximum atomic E-state index is 5.86. The van der Waals surface area contributed by atoms with Crippen LogP contribution in [0.2, 0.25) is 0 Å². The van der Waals surface area contributed by atoms with Gasteiger partial charge in [0, 0.05) is 12.2 Å². The number of hydrogen-bond donors (Lipinski definition) is 1. The molecule has 0 saturated heterocycles. The van der Waals surface area contributed by atoms with E-state index in [1.54, 1.807) is 0 Å². The molecule has 1 aromatic carbocycles. The van der Waals surface area contributed by atoms with Gasteiger partial charge in [-0.15, -0.1) is 0 Å². The molecule has 2 N–H and O–H groups in total. The Balaban J connectivity index is 2.08. The Morgan fingerprint density at radius 1 is 1.40 bits per heavy atom. The molecule has 1 aliphatic carbocycles. The molecule has 20 heavy (non-hydrogen) atoms. The van der Waals surface area contributed by atoms with Crippen molar-refractivity contribution >= 4 is 33.3 Å². The largest absolute Gasteiger partial charge is 0.399 e. The van der Waals surface area contributed by atoms with Crippen molar-refractivity contribution in [2.75, 3.05) is 5.73 Å². The van der Waals surface area contributed by atoms with Crippen LogP contribution in [0.4, 0.5) is 5.69 Å². The molecule has 104 valence electrons. The van der Waals surface area contributed by atoms with Crippen molar-refractivity contribution in [2.45, 2.75) is 33.2 Å². The zero-order valence-corrected chi connectivity index (χ0v) is 13.4. The number of hydrogen-bond acceptors (Lipinski definition) is 2. The van der Waals surface area contributed by atoms with Crippen LogP contribution in [0.3, 0.4) is 0 Å². The molecule has 0 fully saturated rings. The van der Waals surface area contributed by atoms with Crippen LogP contribution in [0.25, 0.3) is 11.6 Å². The highest BCUT2D eigenvalue weighted by Gasteiger charge is 2.18. The van der Waals surface area contributed by atoms with E-state index in [1.807, 2.05) is 17.7 Å². The number of benzene rings is 1. The first-order chi connectivity index (χ1) is 9.60. The minimum atomic E-state index is 0.848. The van der Waals surface area contributed by atoms with E-state index in [9.17, 15) is 0 Å². The molecule has 0 aliphatic heterocycles. The van der Waals surface area contributed by atoms with Gasteiger partial charge in [-0.3, -0.25) is 4.68 Å². The number of nitrogen functional groups attached to an aromatic ring is 1. The van der Waals surface area contributed by atoms with Gasteiger partial charge in [0.15, 0.2) is 0 Å². The van der Waals surface area contributed by atoms with E-state index in [0.29, 0.717) is 0 Å². The molecular formula is C16H18BrN3. The first kappa shape index (κ1) is 13.4. The summed E-state index contributed by atoms with van der Waals surface area (Å²) in [7, 11) is 0. The zero-order valence-electron chi connectivity index (χ0n) is 11.8. The minimum Gasteiger partial charge on any atom is -0.399 e. The SMILES string of the molecule is CCn1nc(C)c(Br)c1C=C1CCc2cc(N)ccc21. The lowest BCUT2D eigenvalue weighted by Crippen LogP contribution is -1.99. The van der Waals surface area contributed by atoms with E-state index in [0.717, 1.165) is 40.9 Å². The number of aromatic nitrogens is 2. The highest BCUT2D eigenvalue weighted by Crippen LogP contribution is 2.36. The number of aryl methyl sites for hydroxylation is 3. The second kappa shape index (κ2) is 5.09. The van der Waals surface area contributed by atoms with Crippen LogP contribution >= 0.6 is 15.9 Å². The van der Waals surface area contributed by atoms with Gasteiger partial charge in [-0.2, -0.15) is 5.10 Å². The second-order valence-corrected chi connectivity index (χ2v) is 5.98. The Labute approximate surface area is 127 Å². The van der Waals surface area contributed by atoms with Crippen molar-refractivity contribution < 1.29 is 0 Å². The molecule has 0 unspecified atom stereocenters. The molecule has 4 heteroatoms. The number of rotatable bonds is 2. The van der Waals surface area contributed by atoms with Gasteiger partial charge in [0.1, 0.15) is 0 Å². The Bertz CT molecular complexity index is 698. The quantitative estimate of drug-likeness (QED) is 0.844. The maximum Gasteiger partial charge on any atom is 0.0757 e. The monoisotopic (exact) mass is 331 g/mol. The third-order valence-electron chi connectivity index (χ3n) is 3.84. The molecule has 1 aliphatic rings.